The average molecular weight is 641 g/mol. The standard InChI is InChI=1S/C30H32Cl2F2N2O7/c1-39-24-8-6-19(14-27(24)40-2)26(16-21-22(31)17-36(38)18-23(21)32)42-29(37)20-7-9-25(43-30(33)34)28(15-20)41-13-12-35-10-4-3-5-11-35/h6-9,14-15,17-18,26,30H,3-5,10-13,16H2,1-2H3. The second kappa shape index (κ2) is 15.3. The Bertz CT molecular complexity index is 1380. The van der Waals surface area contributed by atoms with Crippen LogP contribution in [0.15, 0.2) is 48.8 Å². The summed E-state index contributed by atoms with van der Waals surface area (Å²) in [6.07, 6.45) is 4.71. The molecule has 9 nitrogen and oxygen atoms in total. The van der Waals surface area contributed by atoms with E-state index in [2.05, 4.69) is 9.64 Å². The maximum Gasteiger partial charge on any atom is 0.387 e. The molecule has 0 saturated carbocycles. The maximum absolute atomic E-state index is 13.5. The second-order valence-corrected chi connectivity index (χ2v) is 10.6. The van der Waals surface area contributed by atoms with Gasteiger partial charge in [-0.1, -0.05) is 35.7 Å². The molecule has 1 atom stereocenters. The highest BCUT2D eigenvalue weighted by Gasteiger charge is 2.25. The Morgan fingerprint density at radius 3 is 2.28 bits per heavy atom. The molecule has 0 N–H and O–H groups in total. The number of rotatable bonds is 13. The lowest BCUT2D eigenvalue weighted by atomic mass is 10.0. The molecule has 1 aliphatic heterocycles. The largest absolute Gasteiger partial charge is 0.619 e. The number of methoxy groups -OCH3 is 2. The van der Waals surface area contributed by atoms with Gasteiger partial charge in [0.25, 0.3) is 0 Å². The van der Waals surface area contributed by atoms with E-state index < -0.39 is 18.7 Å². The first-order chi connectivity index (χ1) is 20.7. The summed E-state index contributed by atoms with van der Waals surface area (Å²) in [5.41, 5.74) is 0.945. The first-order valence-electron chi connectivity index (χ1n) is 13.6. The fourth-order valence-electron chi connectivity index (χ4n) is 4.80. The van der Waals surface area contributed by atoms with Crippen LogP contribution in [0.25, 0.3) is 0 Å². The lowest BCUT2D eigenvalue weighted by Gasteiger charge is -2.26. The van der Waals surface area contributed by atoms with Crippen LogP contribution in [0.4, 0.5) is 8.78 Å². The molecule has 1 aromatic heterocycles. The van der Waals surface area contributed by atoms with E-state index in [-0.39, 0.29) is 40.1 Å². The highest BCUT2D eigenvalue weighted by atomic mass is 35.5. The van der Waals surface area contributed by atoms with Gasteiger partial charge in [0.05, 0.1) is 19.8 Å². The highest BCUT2D eigenvalue weighted by Crippen LogP contribution is 2.36. The van der Waals surface area contributed by atoms with Crippen LogP contribution in [-0.4, -0.2) is 57.9 Å². The molecule has 0 radical (unpaired) electrons. The van der Waals surface area contributed by atoms with E-state index in [0.29, 0.717) is 33.9 Å². The van der Waals surface area contributed by atoms with Gasteiger partial charge in [-0.15, -0.1) is 0 Å². The molecule has 13 heteroatoms. The number of carbonyl (C=O) groups is 1. The van der Waals surface area contributed by atoms with Crippen LogP contribution in [0.5, 0.6) is 23.0 Å². The van der Waals surface area contributed by atoms with Gasteiger partial charge in [-0.3, -0.25) is 4.90 Å². The van der Waals surface area contributed by atoms with Gasteiger partial charge in [-0.2, -0.15) is 13.5 Å². The summed E-state index contributed by atoms with van der Waals surface area (Å²) >= 11 is 12.6. The Morgan fingerprint density at radius 1 is 0.953 bits per heavy atom. The topological polar surface area (TPSA) is 93.4 Å². The Hall–Kier alpha value is -3.54. The minimum absolute atomic E-state index is 0.00546. The fourth-order valence-corrected chi connectivity index (χ4v) is 5.40. The zero-order valence-electron chi connectivity index (χ0n) is 23.7. The van der Waals surface area contributed by atoms with Crippen molar-refractivity contribution in [3.05, 3.63) is 80.7 Å². The van der Waals surface area contributed by atoms with Crippen molar-refractivity contribution >= 4 is 29.2 Å². The van der Waals surface area contributed by atoms with Crippen molar-refractivity contribution in [1.82, 2.24) is 4.90 Å². The molecule has 1 saturated heterocycles. The molecule has 1 aliphatic rings. The summed E-state index contributed by atoms with van der Waals surface area (Å²) in [6.45, 7) is -0.371. The summed E-state index contributed by atoms with van der Waals surface area (Å²) in [5.74, 6) is -0.132. The Morgan fingerprint density at radius 2 is 1.63 bits per heavy atom. The van der Waals surface area contributed by atoms with Crippen LogP contribution in [0.3, 0.4) is 0 Å². The van der Waals surface area contributed by atoms with Gasteiger partial charge < -0.3 is 28.9 Å². The van der Waals surface area contributed by atoms with Crippen molar-refractivity contribution in [2.75, 3.05) is 40.5 Å². The lowest BCUT2D eigenvalue weighted by Crippen LogP contribution is -2.33. The van der Waals surface area contributed by atoms with Gasteiger partial charge in [-0.05, 0) is 61.8 Å². The third kappa shape index (κ3) is 8.75. The molecule has 1 fully saturated rings. The van der Waals surface area contributed by atoms with Crippen molar-refractivity contribution in [1.29, 1.82) is 0 Å². The molecule has 1 unspecified atom stereocenters. The van der Waals surface area contributed by atoms with Crippen molar-refractivity contribution in [2.24, 2.45) is 0 Å². The van der Waals surface area contributed by atoms with Crippen molar-refractivity contribution in [3.63, 3.8) is 0 Å². The Kier molecular flexibility index (Phi) is 11.5. The molecular weight excluding hydrogens is 609 g/mol. The van der Waals surface area contributed by atoms with E-state index in [1.165, 1.54) is 38.8 Å². The molecule has 2 aromatic carbocycles. The number of hydrogen-bond acceptors (Lipinski definition) is 8. The van der Waals surface area contributed by atoms with Gasteiger partial charge >= 0.3 is 12.6 Å². The number of carbonyl (C=O) groups excluding carboxylic acids is 1. The minimum atomic E-state index is -3.08. The van der Waals surface area contributed by atoms with Crippen molar-refractivity contribution in [3.8, 4) is 23.0 Å². The predicted molar refractivity (Wildman–Crippen MR) is 156 cm³/mol. The smallest absolute Gasteiger partial charge is 0.387 e. The zero-order valence-corrected chi connectivity index (χ0v) is 25.2. The molecule has 0 amide bonds. The molecule has 3 aromatic rings. The number of pyridine rings is 1. The minimum Gasteiger partial charge on any atom is -0.619 e. The summed E-state index contributed by atoms with van der Waals surface area (Å²) in [6, 6.07) is 8.84. The normalized spacial score (nSPS) is 14.3. The van der Waals surface area contributed by atoms with E-state index in [1.807, 2.05) is 0 Å². The zero-order chi connectivity index (χ0) is 30.9. The maximum atomic E-state index is 13.5. The number of alkyl halides is 2. The number of benzene rings is 2. The van der Waals surface area contributed by atoms with Gasteiger partial charge in [0.15, 0.2) is 35.4 Å². The second-order valence-electron chi connectivity index (χ2n) is 9.80. The van der Waals surface area contributed by atoms with Gasteiger partial charge in [0, 0.05) is 18.5 Å². The molecular formula is C30H32Cl2F2N2O7. The first kappa shape index (κ1) is 32.4. The molecule has 232 valence electrons. The lowest BCUT2D eigenvalue weighted by molar-refractivity contribution is -0.605. The molecule has 0 bridgehead atoms. The predicted octanol–water partition coefficient (Wildman–Crippen LogP) is 6.25. The van der Waals surface area contributed by atoms with Crippen LogP contribution < -0.4 is 23.7 Å². The van der Waals surface area contributed by atoms with E-state index >= 15 is 0 Å². The Balaban J connectivity index is 1.61. The molecule has 43 heavy (non-hydrogen) atoms. The van der Waals surface area contributed by atoms with E-state index in [0.717, 1.165) is 38.3 Å². The summed E-state index contributed by atoms with van der Waals surface area (Å²) in [5, 5.41) is 12.0. The molecule has 0 aliphatic carbocycles. The number of ether oxygens (including phenoxy) is 5. The van der Waals surface area contributed by atoms with Gasteiger partial charge in [0.1, 0.15) is 22.8 Å². The third-order valence-corrected chi connectivity index (χ3v) is 7.64. The number of hydrogen-bond donors (Lipinski definition) is 0. The fraction of sp³-hybridized carbons (Fsp3) is 0.400. The van der Waals surface area contributed by atoms with Gasteiger partial charge in [0.2, 0.25) is 0 Å². The van der Waals surface area contributed by atoms with Crippen LogP contribution in [0.1, 0.15) is 46.9 Å². The molecule has 0 spiro atoms. The summed E-state index contributed by atoms with van der Waals surface area (Å²) in [4.78, 5) is 15.7. The SMILES string of the molecule is COc1ccc(C(Cc2c(Cl)c[n+]([O-])cc2Cl)OC(=O)c2ccc(OC(F)F)c(OCCN3CCCCC3)c2)cc1OC. The number of halogens is 4. The number of likely N-dealkylation sites (tertiary alicyclic amines) is 1. The van der Waals surface area contributed by atoms with Crippen molar-refractivity contribution in [2.45, 2.75) is 38.4 Å². The van der Waals surface area contributed by atoms with Crippen molar-refractivity contribution < 1.29 is 42.0 Å². The highest BCUT2D eigenvalue weighted by molar-refractivity contribution is 6.35. The van der Waals surface area contributed by atoms with Crippen LogP contribution in [-0.2, 0) is 11.2 Å². The Labute approximate surface area is 258 Å². The van der Waals surface area contributed by atoms with Crippen LogP contribution in [0.2, 0.25) is 10.0 Å². The van der Waals surface area contributed by atoms with E-state index in [4.69, 9.17) is 42.1 Å². The average Bonchev–Trinajstić information content (AvgIpc) is 2.98. The number of aromatic nitrogens is 1. The number of nitrogens with zero attached hydrogens (tertiary/aromatic N) is 2. The molecule has 2 heterocycles. The monoisotopic (exact) mass is 640 g/mol. The summed E-state index contributed by atoms with van der Waals surface area (Å²) < 4.78 is 53.8. The third-order valence-electron chi connectivity index (χ3n) is 6.99. The van der Waals surface area contributed by atoms with Crippen LogP contribution in [0, 0.1) is 5.21 Å². The summed E-state index contributed by atoms with van der Waals surface area (Å²) in [7, 11) is 2.96. The number of piperidine rings is 1. The van der Waals surface area contributed by atoms with E-state index in [1.54, 1.807) is 18.2 Å². The first-order valence-corrected chi connectivity index (χ1v) is 14.4. The number of esters is 1. The molecule has 4 rings (SSSR count). The quantitative estimate of drug-likeness (QED) is 0.123. The van der Waals surface area contributed by atoms with Gasteiger partial charge in [-0.25, -0.2) is 4.79 Å². The van der Waals surface area contributed by atoms with E-state index in [9.17, 15) is 18.8 Å². The van der Waals surface area contributed by atoms with Crippen LogP contribution >= 0.6 is 23.2 Å².